The number of methoxy groups -OCH3 is 1. The molecule has 1 N–H and O–H groups in total. The van der Waals surface area contributed by atoms with Gasteiger partial charge in [0, 0.05) is 24.1 Å². The zero-order valence-corrected chi connectivity index (χ0v) is 21.7. The van der Waals surface area contributed by atoms with Gasteiger partial charge in [-0.05, 0) is 41.8 Å². The molecule has 0 radical (unpaired) electrons. The largest absolute Gasteiger partial charge is 0.493 e. The molecule has 0 aromatic heterocycles. The Morgan fingerprint density at radius 1 is 1.03 bits per heavy atom. The monoisotopic (exact) mass is 476 g/mol. The second kappa shape index (κ2) is 10.8. The molecular weight excluding hydrogens is 436 g/mol. The molecule has 1 amide bonds. The molecule has 2 aromatic carbocycles. The second-order valence-electron chi connectivity index (χ2n) is 10.2. The minimum Gasteiger partial charge on any atom is -0.493 e. The number of benzene rings is 2. The molecule has 0 bridgehead atoms. The lowest BCUT2D eigenvalue weighted by Gasteiger charge is -2.49. The smallest absolute Gasteiger partial charge is 0.223 e. The second-order valence-corrected chi connectivity index (χ2v) is 10.2. The first-order valence-electron chi connectivity index (χ1n) is 13.1. The lowest BCUT2D eigenvalue weighted by Crippen LogP contribution is -2.68. The average molecular weight is 477 g/mol. The molecule has 188 valence electrons. The van der Waals surface area contributed by atoms with Gasteiger partial charge in [-0.3, -0.25) is 4.79 Å². The van der Waals surface area contributed by atoms with E-state index in [-0.39, 0.29) is 11.3 Å². The fraction of sp³-hybridized carbons (Fsp3) is 0.500. The van der Waals surface area contributed by atoms with E-state index in [9.17, 15) is 4.79 Å². The van der Waals surface area contributed by atoms with Gasteiger partial charge in [-0.15, -0.1) is 0 Å². The molecule has 2 aliphatic rings. The van der Waals surface area contributed by atoms with Gasteiger partial charge in [0.25, 0.3) is 0 Å². The highest BCUT2D eigenvalue weighted by molar-refractivity contribution is 5.84. The van der Waals surface area contributed by atoms with Crippen molar-refractivity contribution in [1.29, 1.82) is 0 Å². The van der Waals surface area contributed by atoms with Crippen LogP contribution < -0.4 is 19.7 Å². The third-order valence-electron chi connectivity index (χ3n) is 7.60. The molecule has 1 fully saturated rings. The van der Waals surface area contributed by atoms with Crippen molar-refractivity contribution < 1.29 is 14.3 Å². The number of hydrogen-bond acceptors (Lipinski definition) is 4. The molecule has 2 heterocycles. The predicted molar refractivity (Wildman–Crippen MR) is 143 cm³/mol. The van der Waals surface area contributed by atoms with Crippen molar-refractivity contribution in [2.75, 3.05) is 25.2 Å². The first kappa shape index (κ1) is 25.2. The summed E-state index contributed by atoms with van der Waals surface area (Å²) in [5.41, 5.74) is 2.54. The minimum absolute atomic E-state index is 0.0859. The molecule has 1 atom stereocenters. The van der Waals surface area contributed by atoms with Crippen molar-refractivity contribution >= 4 is 17.7 Å². The van der Waals surface area contributed by atoms with Crippen LogP contribution in [0.15, 0.2) is 48.5 Å². The van der Waals surface area contributed by atoms with Gasteiger partial charge in [0.1, 0.15) is 5.66 Å². The fourth-order valence-electron chi connectivity index (χ4n) is 5.51. The maximum atomic E-state index is 12.6. The number of carbonyl (C=O) groups excluding carboxylic acids is 1. The van der Waals surface area contributed by atoms with Crippen LogP contribution in [0.25, 0.3) is 6.08 Å². The number of carbonyl (C=O) groups is 1. The van der Waals surface area contributed by atoms with Crippen molar-refractivity contribution in [1.82, 2.24) is 5.32 Å². The van der Waals surface area contributed by atoms with Gasteiger partial charge in [0.15, 0.2) is 11.5 Å². The van der Waals surface area contributed by atoms with E-state index in [1.807, 2.05) is 12.1 Å². The van der Waals surface area contributed by atoms with Crippen molar-refractivity contribution in [3.05, 3.63) is 59.7 Å². The molecule has 0 spiro atoms. The van der Waals surface area contributed by atoms with Gasteiger partial charge < -0.3 is 19.7 Å². The van der Waals surface area contributed by atoms with Gasteiger partial charge >= 0.3 is 0 Å². The van der Waals surface area contributed by atoms with Gasteiger partial charge in [-0.25, -0.2) is 0 Å². The number of ether oxygens (including phenoxy) is 2. The van der Waals surface area contributed by atoms with Crippen LogP contribution in [0.4, 0.5) is 5.69 Å². The summed E-state index contributed by atoms with van der Waals surface area (Å²) in [6.07, 6.45) is 12.2. The standard InChI is InChI=1S/C30H40N2O3/c1-5-6-7-8-9-12-21-35-26-16-15-23(22-27(26)34-4)17-19-30-29(2,3)24-13-10-11-14-25(24)32(30)20-18-28(33)31-30/h10-11,13-17,19,22H,5-9,12,18,20-21H2,1-4H3,(H,31,33)/b19-17+. The third-order valence-corrected chi connectivity index (χ3v) is 7.60. The van der Waals surface area contributed by atoms with E-state index in [1.54, 1.807) is 7.11 Å². The summed E-state index contributed by atoms with van der Waals surface area (Å²) in [5.74, 6) is 1.59. The molecular formula is C30H40N2O3. The van der Waals surface area contributed by atoms with E-state index in [2.05, 4.69) is 73.5 Å². The molecule has 1 saturated heterocycles. The molecule has 0 aliphatic carbocycles. The minimum atomic E-state index is -0.619. The number of unbranched alkanes of at least 4 members (excludes halogenated alkanes) is 5. The Hall–Kier alpha value is -2.95. The van der Waals surface area contributed by atoms with Crippen LogP contribution in [0.1, 0.15) is 76.8 Å². The van der Waals surface area contributed by atoms with Crippen molar-refractivity contribution in [3.8, 4) is 11.5 Å². The highest BCUT2D eigenvalue weighted by atomic mass is 16.5. The highest BCUT2D eigenvalue weighted by Crippen LogP contribution is 2.52. The number of amides is 1. The first-order chi connectivity index (χ1) is 16.9. The zero-order valence-electron chi connectivity index (χ0n) is 21.7. The van der Waals surface area contributed by atoms with Crippen molar-refractivity contribution in [3.63, 3.8) is 0 Å². The van der Waals surface area contributed by atoms with E-state index >= 15 is 0 Å². The Bertz CT molecular complexity index is 1060. The normalized spacial score (nSPS) is 20.5. The van der Waals surface area contributed by atoms with E-state index in [1.165, 1.54) is 43.4 Å². The Labute approximate surface area is 210 Å². The average Bonchev–Trinajstić information content (AvgIpc) is 3.06. The van der Waals surface area contributed by atoms with E-state index in [4.69, 9.17) is 9.47 Å². The number of hydrogen-bond donors (Lipinski definition) is 1. The lowest BCUT2D eigenvalue weighted by atomic mass is 9.74. The van der Waals surface area contributed by atoms with E-state index < -0.39 is 5.66 Å². The number of nitrogens with zero attached hydrogens (tertiary/aromatic N) is 1. The Morgan fingerprint density at radius 3 is 2.60 bits per heavy atom. The van der Waals surface area contributed by atoms with Crippen LogP contribution in [-0.2, 0) is 10.2 Å². The Morgan fingerprint density at radius 2 is 1.80 bits per heavy atom. The van der Waals surface area contributed by atoms with E-state index in [0.717, 1.165) is 23.5 Å². The van der Waals surface area contributed by atoms with Crippen LogP contribution >= 0.6 is 0 Å². The number of rotatable bonds is 11. The zero-order chi connectivity index (χ0) is 24.9. The van der Waals surface area contributed by atoms with E-state index in [0.29, 0.717) is 19.6 Å². The summed E-state index contributed by atoms with van der Waals surface area (Å²) in [6, 6.07) is 14.5. The topological polar surface area (TPSA) is 50.8 Å². The van der Waals surface area contributed by atoms with Crippen LogP contribution in [0.5, 0.6) is 11.5 Å². The number of para-hydroxylation sites is 1. The molecule has 0 saturated carbocycles. The number of fused-ring (bicyclic) bond motifs is 3. The Balaban J connectivity index is 1.51. The van der Waals surface area contributed by atoms with Crippen LogP contribution in [0.2, 0.25) is 0 Å². The highest BCUT2D eigenvalue weighted by Gasteiger charge is 2.57. The van der Waals surface area contributed by atoms with Crippen LogP contribution in [-0.4, -0.2) is 31.8 Å². The predicted octanol–water partition coefficient (Wildman–Crippen LogP) is 6.46. The molecule has 2 aliphatic heterocycles. The first-order valence-corrected chi connectivity index (χ1v) is 13.1. The fourth-order valence-corrected chi connectivity index (χ4v) is 5.51. The molecule has 5 nitrogen and oxygen atoms in total. The summed E-state index contributed by atoms with van der Waals surface area (Å²) in [7, 11) is 1.68. The summed E-state index contributed by atoms with van der Waals surface area (Å²) in [6.45, 7) is 8.06. The summed E-state index contributed by atoms with van der Waals surface area (Å²) in [4.78, 5) is 14.9. The molecule has 35 heavy (non-hydrogen) atoms. The maximum Gasteiger partial charge on any atom is 0.223 e. The van der Waals surface area contributed by atoms with Crippen molar-refractivity contribution in [2.24, 2.45) is 0 Å². The molecule has 2 aromatic rings. The summed E-state index contributed by atoms with van der Waals surface area (Å²) < 4.78 is 11.7. The lowest BCUT2D eigenvalue weighted by molar-refractivity contribution is -0.124. The van der Waals surface area contributed by atoms with Gasteiger partial charge in [0.05, 0.1) is 13.7 Å². The summed E-state index contributed by atoms with van der Waals surface area (Å²) in [5, 5.41) is 3.34. The maximum absolute atomic E-state index is 12.6. The van der Waals surface area contributed by atoms with Crippen LogP contribution in [0, 0.1) is 0 Å². The SMILES string of the molecule is CCCCCCCCOc1ccc(/C=C/C23NC(=O)CCN2c2ccccc2C3(C)C)cc1OC. The van der Waals surface area contributed by atoms with Gasteiger partial charge in [-0.1, -0.05) is 83.2 Å². The molecule has 1 unspecified atom stereocenters. The number of nitrogens with one attached hydrogen (secondary N) is 1. The van der Waals surface area contributed by atoms with Gasteiger partial charge in [-0.2, -0.15) is 0 Å². The number of anilines is 1. The quantitative estimate of drug-likeness (QED) is 0.378. The third kappa shape index (κ3) is 4.91. The van der Waals surface area contributed by atoms with Crippen molar-refractivity contribution in [2.45, 2.75) is 76.8 Å². The van der Waals surface area contributed by atoms with Gasteiger partial charge in [0.2, 0.25) is 5.91 Å². The summed E-state index contributed by atoms with van der Waals surface area (Å²) >= 11 is 0. The van der Waals surface area contributed by atoms with Crippen LogP contribution in [0.3, 0.4) is 0 Å². The molecule has 4 rings (SSSR count). The Kier molecular flexibility index (Phi) is 7.73. The molecule has 5 heteroatoms.